The predicted molar refractivity (Wildman–Crippen MR) is 66.6 cm³/mol. The van der Waals surface area contributed by atoms with E-state index in [0.29, 0.717) is 12.2 Å². The summed E-state index contributed by atoms with van der Waals surface area (Å²) < 4.78 is 5.28. The van der Waals surface area contributed by atoms with Crippen LogP contribution in [-0.4, -0.2) is 11.1 Å². The van der Waals surface area contributed by atoms with Crippen molar-refractivity contribution in [1.29, 1.82) is 0 Å². The van der Waals surface area contributed by atoms with Gasteiger partial charge in [-0.2, -0.15) is 0 Å². The molecule has 3 rings (SSSR count). The van der Waals surface area contributed by atoms with Crippen LogP contribution in [0.1, 0.15) is 17.0 Å². The van der Waals surface area contributed by atoms with Gasteiger partial charge in [-0.05, 0) is 23.6 Å². The fourth-order valence-corrected chi connectivity index (χ4v) is 2.23. The Labute approximate surface area is 105 Å². The van der Waals surface area contributed by atoms with Gasteiger partial charge in [0.2, 0.25) is 0 Å². The monoisotopic (exact) mass is 240 g/mol. The summed E-state index contributed by atoms with van der Waals surface area (Å²) in [6.07, 6.45) is 0.610. The molecule has 18 heavy (non-hydrogen) atoms. The van der Waals surface area contributed by atoms with Crippen molar-refractivity contribution in [3.63, 3.8) is 0 Å². The van der Waals surface area contributed by atoms with Crippen LogP contribution in [0.5, 0.6) is 11.5 Å². The Morgan fingerprint density at radius 1 is 1.11 bits per heavy atom. The maximum atomic E-state index is 12.0. The minimum absolute atomic E-state index is 0.111. The fourth-order valence-electron chi connectivity index (χ4n) is 2.23. The number of hydrogen-bond donors (Lipinski definition) is 1. The fraction of sp³-hybridized carbons (Fsp3) is 0.133. The molecule has 1 N–H and O–H groups in total. The number of carbonyl (C=O) groups excluding carboxylic acids is 1. The average Bonchev–Trinajstić information content (AvgIpc) is 2.39. The highest BCUT2D eigenvalue weighted by atomic mass is 16.5. The van der Waals surface area contributed by atoms with E-state index in [0.717, 1.165) is 11.1 Å². The van der Waals surface area contributed by atoms with E-state index in [4.69, 9.17) is 4.74 Å². The average molecular weight is 240 g/mol. The maximum Gasteiger partial charge on any atom is 0.319 e. The Balaban J connectivity index is 1.97. The Bertz CT molecular complexity index is 590. The van der Waals surface area contributed by atoms with Gasteiger partial charge in [0.1, 0.15) is 11.5 Å². The van der Waals surface area contributed by atoms with Crippen molar-refractivity contribution in [2.45, 2.75) is 12.3 Å². The van der Waals surface area contributed by atoms with Crippen molar-refractivity contribution in [3.05, 3.63) is 59.7 Å². The van der Waals surface area contributed by atoms with Gasteiger partial charge in [-0.25, -0.2) is 0 Å². The second-order valence-corrected chi connectivity index (χ2v) is 4.38. The molecule has 90 valence electrons. The first-order chi connectivity index (χ1) is 8.74. The SMILES string of the molecule is O=C1Oc2cc(O)ccc2CC1c1ccccc1. The van der Waals surface area contributed by atoms with Gasteiger partial charge in [0, 0.05) is 6.07 Å². The highest BCUT2D eigenvalue weighted by molar-refractivity contribution is 5.83. The van der Waals surface area contributed by atoms with Gasteiger partial charge in [-0.3, -0.25) is 4.79 Å². The third-order valence-corrected chi connectivity index (χ3v) is 3.17. The number of aromatic hydroxyl groups is 1. The van der Waals surface area contributed by atoms with Crippen LogP contribution in [0, 0.1) is 0 Å². The molecule has 3 heteroatoms. The highest BCUT2D eigenvalue weighted by Crippen LogP contribution is 2.35. The van der Waals surface area contributed by atoms with E-state index in [9.17, 15) is 9.90 Å². The van der Waals surface area contributed by atoms with Crippen molar-refractivity contribution < 1.29 is 14.6 Å². The topological polar surface area (TPSA) is 46.5 Å². The van der Waals surface area contributed by atoms with Crippen LogP contribution in [0.25, 0.3) is 0 Å². The van der Waals surface area contributed by atoms with Crippen LogP contribution in [0.4, 0.5) is 0 Å². The first-order valence-corrected chi connectivity index (χ1v) is 5.82. The molecule has 2 aromatic rings. The minimum atomic E-state index is -0.265. The Kier molecular flexibility index (Phi) is 2.52. The Morgan fingerprint density at radius 3 is 2.67 bits per heavy atom. The Hall–Kier alpha value is -2.29. The second kappa shape index (κ2) is 4.18. The second-order valence-electron chi connectivity index (χ2n) is 4.38. The molecule has 3 nitrogen and oxygen atoms in total. The zero-order valence-corrected chi connectivity index (χ0v) is 9.67. The molecule has 0 spiro atoms. The molecule has 2 aromatic carbocycles. The lowest BCUT2D eigenvalue weighted by atomic mass is 9.90. The van der Waals surface area contributed by atoms with E-state index in [1.54, 1.807) is 12.1 Å². The lowest BCUT2D eigenvalue weighted by Gasteiger charge is -2.23. The van der Waals surface area contributed by atoms with Crippen molar-refractivity contribution in [2.75, 3.05) is 0 Å². The van der Waals surface area contributed by atoms with E-state index in [-0.39, 0.29) is 17.6 Å². The summed E-state index contributed by atoms with van der Waals surface area (Å²) in [5.74, 6) is 0.0504. The van der Waals surface area contributed by atoms with Crippen LogP contribution >= 0.6 is 0 Å². The number of rotatable bonds is 1. The van der Waals surface area contributed by atoms with Gasteiger partial charge in [0.15, 0.2) is 0 Å². The van der Waals surface area contributed by atoms with E-state index >= 15 is 0 Å². The minimum Gasteiger partial charge on any atom is -0.508 e. The van der Waals surface area contributed by atoms with E-state index in [2.05, 4.69) is 0 Å². The number of phenols is 1. The largest absolute Gasteiger partial charge is 0.508 e. The number of carbonyl (C=O) groups is 1. The molecule has 0 saturated heterocycles. The molecule has 0 radical (unpaired) electrons. The Morgan fingerprint density at radius 2 is 1.89 bits per heavy atom. The quantitative estimate of drug-likeness (QED) is 0.615. The lowest BCUT2D eigenvalue weighted by Crippen LogP contribution is -2.25. The summed E-state index contributed by atoms with van der Waals surface area (Å²) in [6, 6.07) is 14.5. The first kappa shape index (κ1) is 10.8. The van der Waals surface area contributed by atoms with E-state index < -0.39 is 0 Å². The zero-order valence-electron chi connectivity index (χ0n) is 9.67. The number of benzene rings is 2. The molecule has 1 heterocycles. The van der Waals surface area contributed by atoms with Crippen LogP contribution in [0.15, 0.2) is 48.5 Å². The molecule has 1 unspecified atom stereocenters. The van der Waals surface area contributed by atoms with Gasteiger partial charge in [-0.1, -0.05) is 36.4 Å². The van der Waals surface area contributed by atoms with Gasteiger partial charge in [0.05, 0.1) is 5.92 Å². The number of phenolic OH excluding ortho intramolecular Hbond substituents is 1. The molecule has 1 aliphatic rings. The van der Waals surface area contributed by atoms with Crippen molar-refractivity contribution in [3.8, 4) is 11.5 Å². The normalized spacial score (nSPS) is 18.0. The summed E-state index contributed by atoms with van der Waals surface area (Å²) >= 11 is 0. The number of ether oxygens (including phenoxy) is 1. The molecule has 0 fully saturated rings. The number of hydrogen-bond acceptors (Lipinski definition) is 3. The predicted octanol–water partition coefficient (Wildman–Crippen LogP) is 2.64. The first-order valence-electron chi connectivity index (χ1n) is 5.82. The molecule has 0 amide bonds. The molecule has 0 saturated carbocycles. The van der Waals surface area contributed by atoms with Crippen LogP contribution < -0.4 is 4.74 Å². The summed E-state index contributed by atoms with van der Waals surface area (Å²) in [5, 5.41) is 9.37. The smallest absolute Gasteiger partial charge is 0.319 e. The van der Waals surface area contributed by atoms with Gasteiger partial charge < -0.3 is 9.84 Å². The van der Waals surface area contributed by atoms with Crippen LogP contribution in [-0.2, 0) is 11.2 Å². The van der Waals surface area contributed by atoms with Crippen molar-refractivity contribution in [1.82, 2.24) is 0 Å². The van der Waals surface area contributed by atoms with Gasteiger partial charge in [-0.15, -0.1) is 0 Å². The van der Waals surface area contributed by atoms with Gasteiger partial charge >= 0.3 is 5.97 Å². The summed E-state index contributed by atoms with van der Waals surface area (Å²) in [5.41, 5.74) is 1.91. The lowest BCUT2D eigenvalue weighted by molar-refractivity contribution is -0.137. The van der Waals surface area contributed by atoms with Gasteiger partial charge in [0.25, 0.3) is 0 Å². The zero-order chi connectivity index (χ0) is 12.5. The standard InChI is InChI=1S/C15H12O3/c16-12-7-6-11-8-13(10-4-2-1-3-5-10)15(17)18-14(11)9-12/h1-7,9,13,16H,8H2. The van der Waals surface area contributed by atoms with Crippen LogP contribution in [0.2, 0.25) is 0 Å². The summed E-state index contributed by atoms with van der Waals surface area (Å²) in [4.78, 5) is 12.0. The third-order valence-electron chi connectivity index (χ3n) is 3.17. The van der Waals surface area contributed by atoms with E-state index in [1.165, 1.54) is 6.07 Å². The highest BCUT2D eigenvalue weighted by Gasteiger charge is 2.29. The van der Waals surface area contributed by atoms with Crippen molar-refractivity contribution >= 4 is 5.97 Å². The molecular weight excluding hydrogens is 228 g/mol. The molecule has 1 atom stereocenters. The summed E-state index contributed by atoms with van der Waals surface area (Å²) in [6.45, 7) is 0. The third kappa shape index (κ3) is 1.84. The van der Waals surface area contributed by atoms with Crippen molar-refractivity contribution in [2.24, 2.45) is 0 Å². The molecular formula is C15H12O3. The van der Waals surface area contributed by atoms with Crippen LogP contribution in [0.3, 0.4) is 0 Å². The van der Waals surface area contributed by atoms with E-state index in [1.807, 2.05) is 30.3 Å². The number of esters is 1. The molecule has 0 aliphatic carbocycles. The molecule has 0 bridgehead atoms. The molecule has 1 aliphatic heterocycles. The maximum absolute atomic E-state index is 12.0. The molecule has 0 aromatic heterocycles. The number of fused-ring (bicyclic) bond motifs is 1. The summed E-state index contributed by atoms with van der Waals surface area (Å²) in [7, 11) is 0.